The Morgan fingerprint density at radius 1 is 1.19 bits per heavy atom. The molecule has 3 aliphatic rings. The van der Waals surface area contributed by atoms with Crippen LogP contribution < -0.4 is 14.4 Å². The molecule has 2 aromatic rings. The van der Waals surface area contributed by atoms with Crippen molar-refractivity contribution in [1.29, 1.82) is 0 Å². The van der Waals surface area contributed by atoms with Crippen LogP contribution in [0.25, 0.3) is 0 Å². The van der Waals surface area contributed by atoms with E-state index in [4.69, 9.17) is 9.47 Å². The van der Waals surface area contributed by atoms with Gasteiger partial charge in [-0.3, -0.25) is 0 Å². The van der Waals surface area contributed by atoms with Gasteiger partial charge in [-0.1, -0.05) is 35.9 Å². The SMILES string of the molecule is COc1ccc2c3c1O[C@H]1C[C@@H](O)C=C[C@@]31CCN(c1ccc(C)cc1)C2. The molecule has 2 aromatic carbocycles. The van der Waals surface area contributed by atoms with E-state index in [1.54, 1.807) is 7.11 Å². The number of aryl methyl sites for hydroxylation is 1. The van der Waals surface area contributed by atoms with Crippen molar-refractivity contribution in [3.63, 3.8) is 0 Å². The number of hydrogen-bond acceptors (Lipinski definition) is 4. The number of methoxy groups -OCH3 is 1. The number of benzene rings is 2. The van der Waals surface area contributed by atoms with Crippen molar-refractivity contribution in [2.24, 2.45) is 0 Å². The maximum Gasteiger partial charge on any atom is 0.166 e. The molecule has 1 aliphatic carbocycles. The fourth-order valence-corrected chi connectivity index (χ4v) is 4.91. The molecule has 0 bridgehead atoms. The van der Waals surface area contributed by atoms with Crippen molar-refractivity contribution in [3.05, 3.63) is 65.2 Å². The maximum absolute atomic E-state index is 10.2. The highest BCUT2D eigenvalue weighted by molar-refractivity contribution is 5.63. The maximum atomic E-state index is 10.2. The highest BCUT2D eigenvalue weighted by Crippen LogP contribution is 2.55. The fraction of sp³-hybridized carbons (Fsp3) is 0.391. The van der Waals surface area contributed by atoms with Gasteiger partial charge in [0.05, 0.1) is 18.6 Å². The summed E-state index contributed by atoms with van der Waals surface area (Å²) < 4.78 is 12.0. The number of ether oxygens (including phenoxy) is 2. The van der Waals surface area contributed by atoms with Crippen LogP contribution in [-0.4, -0.2) is 31.0 Å². The van der Waals surface area contributed by atoms with E-state index < -0.39 is 6.10 Å². The van der Waals surface area contributed by atoms with Crippen LogP contribution >= 0.6 is 0 Å². The van der Waals surface area contributed by atoms with Crippen LogP contribution in [0.5, 0.6) is 11.5 Å². The van der Waals surface area contributed by atoms with Gasteiger partial charge in [0.25, 0.3) is 0 Å². The van der Waals surface area contributed by atoms with Crippen LogP contribution in [0.4, 0.5) is 5.69 Å². The average molecular weight is 363 g/mol. The van der Waals surface area contributed by atoms with Crippen molar-refractivity contribution < 1.29 is 14.6 Å². The lowest BCUT2D eigenvalue weighted by atomic mass is 9.69. The minimum absolute atomic E-state index is 0.0412. The third kappa shape index (κ3) is 2.47. The van der Waals surface area contributed by atoms with Crippen LogP contribution in [0.1, 0.15) is 29.5 Å². The minimum Gasteiger partial charge on any atom is -0.493 e. The average Bonchev–Trinajstić information content (AvgIpc) is 2.90. The number of aliphatic hydroxyl groups is 1. The lowest BCUT2D eigenvalue weighted by Crippen LogP contribution is -2.43. The van der Waals surface area contributed by atoms with Crippen molar-refractivity contribution in [2.75, 3.05) is 18.6 Å². The summed E-state index contributed by atoms with van der Waals surface area (Å²) in [6.45, 7) is 3.91. The summed E-state index contributed by atoms with van der Waals surface area (Å²) in [5.41, 5.74) is 4.88. The van der Waals surface area contributed by atoms with Gasteiger partial charge >= 0.3 is 0 Å². The quantitative estimate of drug-likeness (QED) is 0.826. The van der Waals surface area contributed by atoms with Gasteiger partial charge in [0.15, 0.2) is 11.5 Å². The summed E-state index contributed by atoms with van der Waals surface area (Å²) >= 11 is 0. The number of anilines is 1. The van der Waals surface area contributed by atoms with E-state index in [0.29, 0.717) is 6.42 Å². The standard InChI is InChI=1S/C23H25NO3/c1-15-3-6-17(7-4-15)24-12-11-23-10-9-18(25)13-20(23)27-22-19(26-2)8-5-16(14-24)21(22)23/h3-10,18,20,25H,11-14H2,1-2H3/t18-,20-,23-/m0/s1. The molecule has 0 saturated carbocycles. The predicted octanol–water partition coefficient (Wildman–Crippen LogP) is 3.73. The highest BCUT2D eigenvalue weighted by Gasteiger charge is 2.52. The predicted molar refractivity (Wildman–Crippen MR) is 106 cm³/mol. The Kier molecular flexibility index (Phi) is 3.73. The molecule has 4 nitrogen and oxygen atoms in total. The largest absolute Gasteiger partial charge is 0.493 e. The molecule has 0 aromatic heterocycles. The van der Waals surface area contributed by atoms with Crippen LogP contribution in [-0.2, 0) is 12.0 Å². The Bertz CT molecular complexity index is 905. The molecule has 0 radical (unpaired) electrons. The van der Waals surface area contributed by atoms with Crippen molar-refractivity contribution in [1.82, 2.24) is 0 Å². The van der Waals surface area contributed by atoms with E-state index in [0.717, 1.165) is 31.0 Å². The first-order valence-electron chi connectivity index (χ1n) is 9.67. The van der Waals surface area contributed by atoms with E-state index >= 15 is 0 Å². The second-order valence-corrected chi connectivity index (χ2v) is 7.95. The molecular weight excluding hydrogens is 338 g/mol. The molecule has 2 heterocycles. The molecule has 0 saturated heterocycles. The Hall–Kier alpha value is -2.46. The molecule has 1 N–H and O–H groups in total. The molecular formula is C23H25NO3. The molecule has 0 amide bonds. The normalized spacial score (nSPS) is 28.2. The smallest absolute Gasteiger partial charge is 0.166 e. The van der Waals surface area contributed by atoms with Crippen molar-refractivity contribution >= 4 is 5.69 Å². The molecule has 0 fully saturated rings. The van der Waals surface area contributed by atoms with Gasteiger partial charge in [0, 0.05) is 30.8 Å². The molecule has 4 heteroatoms. The number of nitrogens with zero attached hydrogens (tertiary/aromatic N) is 1. The van der Waals surface area contributed by atoms with E-state index in [1.807, 2.05) is 12.1 Å². The molecule has 1 spiro atoms. The zero-order chi connectivity index (χ0) is 18.6. The molecule has 2 aliphatic heterocycles. The summed E-state index contributed by atoms with van der Waals surface area (Å²) in [7, 11) is 1.69. The summed E-state index contributed by atoms with van der Waals surface area (Å²) in [4.78, 5) is 2.45. The van der Waals surface area contributed by atoms with E-state index in [1.165, 1.54) is 22.4 Å². The first-order chi connectivity index (χ1) is 13.1. The lowest BCUT2D eigenvalue weighted by molar-refractivity contribution is 0.0856. The number of hydrogen-bond donors (Lipinski definition) is 1. The van der Waals surface area contributed by atoms with Gasteiger partial charge < -0.3 is 19.5 Å². The zero-order valence-electron chi connectivity index (χ0n) is 15.8. The van der Waals surface area contributed by atoms with Crippen molar-refractivity contribution in [3.8, 4) is 11.5 Å². The van der Waals surface area contributed by atoms with Gasteiger partial charge in [0.2, 0.25) is 0 Å². The number of aliphatic hydroxyl groups excluding tert-OH is 1. The van der Waals surface area contributed by atoms with Crippen molar-refractivity contribution in [2.45, 2.75) is 43.9 Å². The van der Waals surface area contributed by atoms with E-state index in [9.17, 15) is 5.11 Å². The molecule has 0 unspecified atom stereocenters. The summed E-state index contributed by atoms with van der Waals surface area (Å²) in [6.07, 6.45) is 5.24. The third-order valence-corrected chi connectivity index (χ3v) is 6.35. The lowest BCUT2D eigenvalue weighted by Gasteiger charge is -2.36. The van der Waals surface area contributed by atoms with E-state index in [2.05, 4.69) is 48.2 Å². The molecule has 27 heavy (non-hydrogen) atoms. The Labute approximate surface area is 160 Å². The fourth-order valence-electron chi connectivity index (χ4n) is 4.91. The first kappa shape index (κ1) is 16.7. The van der Waals surface area contributed by atoms with Crippen LogP contribution in [0.3, 0.4) is 0 Å². The van der Waals surface area contributed by atoms with Gasteiger partial charge in [0.1, 0.15) is 6.10 Å². The summed E-state index contributed by atoms with van der Waals surface area (Å²) in [6, 6.07) is 12.9. The first-order valence-corrected chi connectivity index (χ1v) is 9.67. The number of rotatable bonds is 2. The zero-order valence-corrected chi connectivity index (χ0v) is 15.8. The Morgan fingerprint density at radius 3 is 2.78 bits per heavy atom. The highest BCUT2D eigenvalue weighted by atomic mass is 16.5. The monoisotopic (exact) mass is 363 g/mol. The Morgan fingerprint density at radius 2 is 2.00 bits per heavy atom. The van der Waals surface area contributed by atoms with Crippen LogP contribution in [0, 0.1) is 6.92 Å². The third-order valence-electron chi connectivity index (χ3n) is 6.35. The van der Waals surface area contributed by atoms with Gasteiger partial charge in [-0.05, 0) is 37.1 Å². The molecule has 5 rings (SSSR count). The second kappa shape index (κ2) is 6.03. The summed E-state index contributed by atoms with van der Waals surface area (Å²) in [5, 5.41) is 10.2. The van der Waals surface area contributed by atoms with Gasteiger partial charge in [-0.2, -0.15) is 0 Å². The van der Waals surface area contributed by atoms with E-state index in [-0.39, 0.29) is 11.5 Å². The minimum atomic E-state index is -0.444. The van der Waals surface area contributed by atoms with Gasteiger partial charge in [-0.15, -0.1) is 0 Å². The van der Waals surface area contributed by atoms with Gasteiger partial charge in [-0.25, -0.2) is 0 Å². The Balaban J connectivity index is 1.64. The second-order valence-electron chi connectivity index (χ2n) is 7.95. The van der Waals surface area contributed by atoms with Crippen LogP contribution in [0.2, 0.25) is 0 Å². The molecule has 140 valence electrons. The summed E-state index contributed by atoms with van der Waals surface area (Å²) in [5.74, 6) is 1.65. The topological polar surface area (TPSA) is 41.9 Å². The van der Waals surface area contributed by atoms with Crippen LogP contribution in [0.15, 0.2) is 48.6 Å². The molecule has 3 atom stereocenters.